The van der Waals surface area contributed by atoms with E-state index in [1.807, 2.05) is 60.7 Å². The minimum absolute atomic E-state index is 0.166. The van der Waals surface area contributed by atoms with Gasteiger partial charge in [0.25, 0.3) is 0 Å². The van der Waals surface area contributed by atoms with Crippen LogP contribution >= 0.6 is 0 Å². The molecule has 2 N–H and O–H groups in total. The number of hydrogen-bond donors (Lipinski definition) is 2. The van der Waals surface area contributed by atoms with Crippen LogP contribution in [0.3, 0.4) is 0 Å². The van der Waals surface area contributed by atoms with E-state index in [0.717, 1.165) is 21.8 Å². The number of para-hydroxylation sites is 1. The molecule has 0 fully saturated rings. The Kier molecular flexibility index (Phi) is 4.10. The van der Waals surface area contributed by atoms with Gasteiger partial charge in [0.1, 0.15) is 12.1 Å². The summed E-state index contributed by atoms with van der Waals surface area (Å²) in [6.07, 6.45) is 4.76. The molecule has 0 amide bonds. The van der Waals surface area contributed by atoms with Crippen LogP contribution in [0.4, 0.5) is 5.82 Å². The first-order chi connectivity index (χ1) is 14.3. The van der Waals surface area contributed by atoms with E-state index in [-0.39, 0.29) is 5.75 Å². The number of anilines is 1. The smallest absolute Gasteiger partial charge is 0.168 e. The van der Waals surface area contributed by atoms with Crippen LogP contribution in [0.25, 0.3) is 27.5 Å². The van der Waals surface area contributed by atoms with Crippen LogP contribution in [-0.4, -0.2) is 31.1 Å². The van der Waals surface area contributed by atoms with Crippen molar-refractivity contribution in [2.75, 3.05) is 5.43 Å². The van der Waals surface area contributed by atoms with Crippen molar-refractivity contribution < 1.29 is 5.11 Å². The van der Waals surface area contributed by atoms with Gasteiger partial charge < -0.3 is 5.11 Å². The molecule has 0 atom stereocenters. The molecule has 7 nitrogen and oxygen atoms in total. The van der Waals surface area contributed by atoms with Crippen molar-refractivity contribution in [2.24, 2.45) is 5.10 Å². The zero-order valence-corrected chi connectivity index (χ0v) is 15.3. The minimum Gasteiger partial charge on any atom is -0.507 e. The van der Waals surface area contributed by atoms with Crippen LogP contribution in [0, 0.1) is 0 Å². The monoisotopic (exact) mass is 380 g/mol. The number of benzene rings is 3. The van der Waals surface area contributed by atoms with E-state index < -0.39 is 0 Å². The normalized spacial score (nSPS) is 11.4. The van der Waals surface area contributed by atoms with Crippen LogP contribution in [0.5, 0.6) is 5.75 Å². The van der Waals surface area contributed by atoms with Gasteiger partial charge in [0.05, 0.1) is 23.5 Å². The maximum atomic E-state index is 10.2. The van der Waals surface area contributed by atoms with Crippen LogP contribution in [0.2, 0.25) is 0 Å². The Bertz CT molecular complexity index is 1340. The van der Waals surface area contributed by atoms with E-state index in [2.05, 4.69) is 25.6 Å². The van der Waals surface area contributed by atoms with Crippen LogP contribution in [0.15, 0.2) is 84.4 Å². The second kappa shape index (κ2) is 7.05. The third-order valence-electron chi connectivity index (χ3n) is 4.68. The minimum atomic E-state index is 0.166. The lowest BCUT2D eigenvalue weighted by atomic mass is 10.0. The van der Waals surface area contributed by atoms with Gasteiger partial charge in [-0.05, 0) is 29.0 Å². The Labute approximate surface area is 166 Å². The van der Waals surface area contributed by atoms with Crippen molar-refractivity contribution in [1.82, 2.24) is 19.7 Å². The largest absolute Gasteiger partial charge is 0.507 e. The molecule has 0 radical (unpaired) electrons. The second-order valence-corrected chi connectivity index (χ2v) is 6.44. The molecule has 5 rings (SSSR count). The molecule has 5 aromatic rings. The molecule has 0 aliphatic rings. The van der Waals surface area contributed by atoms with Gasteiger partial charge in [0.15, 0.2) is 11.5 Å². The van der Waals surface area contributed by atoms with Gasteiger partial charge in [0.2, 0.25) is 0 Å². The van der Waals surface area contributed by atoms with E-state index >= 15 is 0 Å². The van der Waals surface area contributed by atoms with Gasteiger partial charge >= 0.3 is 0 Å². The first-order valence-electron chi connectivity index (χ1n) is 9.05. The van der Waals surface area contributed by atoms with Gasteiger partial charge in [-0.15, -0.1) is 0 Å². The maximum absolute atomic E-state index is 10.2. The van der Waals surface area contributed by atoms with Crippen LogP contribution in [0.1, 0.15) is 5.56 Å². The van der Waals surface area contributed by atoms with E-state index in [9.17, 15) is 5.11 Å². The third kappa shape index (κ3) is 3.04. The highest BCUT2D eigenvalue weighted by atomic mass is 16.3. The van der Waals surface area contributed by atoms with Gasteiger partial charge in [0, 0.05) is 5.56 Å². The average molecular weight is 380 g/mol. The molecule has 0 saturated heterocycles. The summed E-state index contributed by atoms with van der Waals surface area (Å²) in [5.41, 5.74) is 5.18. The fourth-order valence-electron chi connectivity index (χ4n) is 3.27. The maximum Gasteiger partial charge on any atom is 0.168 e. The summed E-state index contributed by atoms with van der Waals surface area (Å²) >= 11 is 0. The molecule has 2 heterocycles. The number of phenols is 1. The third-order valence-corrected chi connectivity index (χ3v) is 4.68. The van der Waals surface area contributed by atoms with Gasteiger partial charge in [-0.25, -0.2) is 14.6 Å². The predicted octanol–water partition coefficient (Wildman–Crippen LogP) is 4.12. The molecule has 0 spiro atoms. The number of hydrogen-bond acceptors (Lipinski definition) is 6. The molecule has 7 heteroatoms. The summed E-state index contributed by atoms with van der Waals surface area (Å²) < 4.78 is 1.75. The van der Waals surface area contributed by atoms with Gasteiger partial charge in [-0.1, -0.05) is 48.5 Å². The molecule has 0 bridgehead atoms. The van der Waals surface area contributed by atoms with Crippen molar-refractivity contribution >= 4 is 33.8 Å². The fourth-order valence-corrected chi connectivity index (χ4v) is 3.27. The van der Waals surface area contributed by atoms with Crippen LogP contribution in [-0.2, 0) is 0 Å². The molecule has 29 heavy (non-hydrogen) atoms. The Balaban J connectivity index is 1.49. The second-order valence-electron chi connectivity index (χ2n) is 6.44. The van der Waals surface area contributed by atoms with Crippen molar-refractivity contribution in [3.05, 3.63) is 84.8 Å². The molecule has 140 valence electrons. The summed E-state index contributed by atoms with van der Waals surface area (Å²) in [6.45, 7) is 0. The van der Waals surface area contributed by atoms with E-state index in [1.54, 1.807) is 23.2 Å². The van der Waals surface area contributed by atoms with Crippen LogP contribution < -0.4 is 5.43 Å². The average Bonchev–Trinajstić information content (AvgIpc) is 3.21. The molecule has 0 aliphatic heterocycles. The molecule has 0 aliphatic carbocycles. The van der Waals surface area contributed by atoms with Crippen molar-refractivity contribution in [2.45, 2.75) is 0 Å². The molecular weight excluding hydrogens is 364 g/mol. The molecule has 0 unspecified atom stereocenters. The Morgan fingerprint density at radius 2 is 1.72 bits per heavy atom. The van der Waals surface area contributed by atoms with Crippen molar-refractivity contribution in [3.8, 4) is 11.4 Å². The fraction of sp³-hybridized carbons (Fsp3) is 0. The number of phenolic OH excluding ortho intramolecular Hbond substituents is 1. The topological polar surface area (TPSA) is 88.2 Å². The number of nitrogens with one attached hydrogen (secondary N) is 1. The first kappa shape index (κ1) is 16.9. The quantitative estimate of drug-likeness (QED) is 0.362. The lowest BCUT2D eigenvalue weighted by Gasteiger charge is -2.05. The molecule has 0 saturated carbocycles. The predicted molar refractivity (Wildman–Crippen MR) is 113 cm³/mol. The number of aromatic hydroxyl groups is 1. The Morgan fingerprint density at radius 1 is 0.897 bits per heavy atom. The Hall–Kier alpha value is -4.26. The zero-order valence-electron chi connectivity index (χ0n) is 15.3. The first-order valence-corrected chi connectivity index (χ1v) is 9.05. The summed E-state index contributed by atoms with van der Waals surface area (Å²) in [5, 5.41) is 21.7. The van der Waals surface area contributed by atoms with Crippen molar-refractivity contribution in [3.63, 3.8) is 0 Å². The lowest BCUT2D eigenvalue weighted by molar-refractivity contribution is 0.475. The number of fused-ring (bicyclic) bond motifs is 2. The highest BCUT2D eigenvalue weighted by molar-refractivity contribution is 6.02. The number of nitrogens with zero attached hydrogens (tertiary/aromatic N) is 5. The van der Waals surface area contributed by atoms with E-state index in [4.69, 9.17) is 0 Å². The SMILES string of the molecule is Oc1ccc2ccccc2c1C=NNc1ncnc2c1cnn2-c1ccccc1. The Morgan fingerprint density at radius 3 is 2.62 bits per heavy atom. The zero-order chi connectivity index (χ0) is 19.6. The standard InChI is InChI=1S/C22H16N6O/c29-20-11-10-15-6-4-5-9-17(15)18(20)12-25-27-21-19-13-26-28(22(19)24-14-23-21)16-7-2-1-3-8-16/h1-14,29H,(H,23,24,27). The lowest BCUT2D eigenvalue weighted by Crippen LogP contribution is -1.99. The van der Waals surface area contributed by atoms with Crippen molar-refractivity contribution in [1.29, 1.82) is 0 Å². The number of rotatable bonds is 4. The van der Waals surface area contributed by atoms with Gasteiger partial charge in [-0.2, -0.15) is 10.2 Å². The summed E-state index contributed by atoms with van der Waals surface area (Å²) in [5.74, 6) is 0.701. The molecule has 3 aromatic carbocycles. The molecular formula is C22H16N6O. The number of aromatic nitrogens is 4. The highest BCUT2D eigenvalue weighted by Gasteiger charge is 2.10. The molecule has 2 aromatic heterocycles. The highest BCUT2D eigenvalue weighted by Crippen LogP contribution is 2.26. The summed E-state index contributed by atoms with van der Waals surface area (Å²) in [7, 11) is 0. The summed E-state index contributed by atoms with van der Waals surface area (Å²) in [6, 6.07) is 21.1. The van der Waals surface area contributed by atoms with E-state index in [1.165, 1.54) is 6.33 Å². The summed E-state index contributed by atoms with van der Waals surface area (Å²) in [4.78, 5) is 8.63. The van der Waals surface area contributed by atoms with E-state index in [0.29, 0.717) is 17.0 Å². The van der Waals surface area contributed by atoms with Gasteiger partial charge in [-0.3, -0.25) is 5.43 Å². The number of hydrazone groups is 1.